The number of likely N-dealkylation sites (N-methyl/N-ethyl adjacent to an activating group) is 1. The zero-order chi connectivity index (χ0) is 17.4. The van der Waals surface area contributed by atoms with E-state index in [1.807, 2.05) is 18.1 Å². The molecule has 1 saturated heterocycles. The number of hydrogen-bond donors (Lipinski definition) is 1. The first-order chi connectivity index (χ1) is 12.1. The molecule has 25 heavy (non-hydrogen) atoms. The molecule has 0 saturated carbocycles. The van der Waals surface area contributed by atoms with Gasteiger partial charge in [0.15, 0.2) is 5.58 Å². The average molecular weight is 341 g/mol. The Morgan fingerprint density at radius 3 is 2.76 bits per heavy atom. The molecule has 2 aliphatic rings. The molecule has 0 radical (unpaired) electrons. The predicted molar refractivity (Wildman–Crippen MR) is 97.2 cm³/mol. The van der Waals surface area contributed by atoms with Gasteiger partial charge in [0.2, 0.25) is 0 Å². The van der Waals surface area contributed by atoms with E-state index in [0.717, 1.165) is 55.4 Å². The summed E-state index contributed by atoms with van der Waals surface area (Å²) in [4.78, 5) is 14.6. The van der Waals surface area contributed by atoms with E-state index in [1.54, 1.807) is 12.3 Å². The molecule has 6 heteroatoms. The summed E-state index contributed by atoms with van der Waals surface area (Å²) in [5.74, 6) is 0.0873. The molecule has 1 fully saturated rings. The number of nitrogens with zero attached hydrogens (tertiary/aromatic N) is 3. The van der Waals surface area contributed by atoms with Crippen LogP contribution in [0, 0.1) is 0 Å². The van der Waals surface area contributed by atoms with Crippen molar-refractivity contribution in [1.82, 2.24) is 9.91 Å². The highest BCUT2D eigenvalue weighted by atomic mass is 16.4. The van der Waals surface area contributed by atoms with Crippen LogP contribution < -0.4 is 5.63 Å². The summed E-state index contributed by atoms with van der Waals surface area (Å²) in [7, 11) is 2.00. The molecule has 3 heterocycles. The predicted octanol–water partition coefficient (Wildman–Crippen LogP) is 2.31. The summed E-state index contributed by atoms with van der Waals surface area (Å²) in [6, 6.07) is 3.51. The Kier molecular flexibility index (Phi) is 4.21. The second kappa shape index (κ2) is 6.52. The fraction of sp³-hybridized carbons (Fsp3) is 0.474. The van der Waals surface area contributed by atoms with Gasteiger partial charge in [0.25, 0.3) is 0 Å². The van der Waals surface area contributed by atoms with Crippen molar-refractivity contribution in [2.75, 3.05) is 26.7 Å². The van der Waals surface area contributed by atoms with Gasteiger partial charge in [-0.15, -0.1) is 0 Å². The van der Waals surface area contributed by atoms with Gasteiger partial charge >= 0.3 is 5.63 Å². The molecule has 2 aliphatic heterocycles. The van der Waals surface area contributed by atoms with Crippen LogP contribution in [0.5, 0.6) is 5.75 Å². The van der Waals surface area contributed by atoms with Crippen molar-refractivity contribution in [1.29, 1.82) is 0 Å². The third kappa shape index (κ3) is 3.02. The standard InChI is InChI=1S/C19H23N3O3/c1-21-10-7-13-14-5-6-17(23)15(11-20-22-8-3-2-4-9-22)18(14)25-19(24)16(13)12-21/h5-6,11,23H,2-4,7-10,12H2,1H3/b20-11+. The van der Waals surface area contributed by atoms with Gasteiger partial charge in [-0.1, -0.05) is 0 Å². The van der Waals surface area contributed by atoms with Crippen molar-refractivity contribution in [2.24, 2.45) is 5.10 Å². The number of hydrazone groups is 1. The lowest BCUT2D eigenvalue weighted by molar-refractivity contribution is 0.240. The van der Waals surface area contributed by atoms with E-state index in [9.17, 15) is 9.90 Å². The fourth-order valence-corrected chi connectivity index (χ4v) is 3.73. The molecule has 0 atom stereocenters. The first-order valence-corrected chi connectivity index (χ1v) is 8.91. The number of rotatable bonds is 2. The number of hydrogen-bond acceptors (Lipinski definition) is 6. The first-order valence-electron chi connectivity index (χ1n) is 8.91. The minimum Gasteiger partial charge on any atom is -0.507 e. The summed E-state index contributed by atoms with van der Waals surface area (Å²) in [6.45, 7) is 3.36. The Bertz CT molecular complexity index is 882. The van der Waals surface area contributed by atoms with Gasteiger partial charge in [0.05, 0.1) is 17.3 Å². The van der Waals surface area contributed by atoms with Crippen LogP contribution in [0.4, 0.5) is 0 Å². The van der Waals surface area contributed by atoms with Crippen LogP contribution >= 0.6 is 0 Å². The van der Waals surface area contributed by atoms with Gasteiger partial charge in [-0.2, -0.15) is 5.10 Å². The van der Waals surface area contributed by atoms with Crippen molar-refractivity contribution < 1.29 is 9.52 Å². The van der Waals surface area contributed by atoms with Crippen molar-refractivity contribution >= 4 is 17.2 Å². The summed E-state index contributed by atoms with van der Waals surface area (Å²) in [6.07, 6.45) is 5.94. The number of aromatic hydroxyl groups is 1. The first kappa shape index (κ1) is 16.1. The Morgan fingerprint density at radius 2 is 1.96 bits per heavy atom. The summed E-state index contributed by atoms with van der Waals surface area (Å²) >= 11 is 0. The number of piperidine rings is 1. The lowest BCUT2D eigenvalue weighted by Gasteiger charge is -2.25. The molecule has 1 aromatic heterocycles. The van der Waals surface area contributed by atoms with E-state index in [2.05, 4.69) is 10.0 Å². The van der Waals surface area contributed by atoms with Crippen LogP contribution in [0.15, 0.2) is 26.4 Å². The maximum absolute atomic E-state index is 12.5. The van der Waals surface area contributed by atoms with E-state index < -0.39 is 0 Å². The monoisotopic (exact) mass is 341 g/mol. The largest absolute Gasteiger partial charge is 0.507 e. The summed E-state index contributed by atoms with van der Waals surface area (Å²) < 4.78 is 5.61. The van der Waals surface area contributed by atoms with Gasteiger partial charge in [-0.25, -0.2) is 4.79 Å². The zero-order valence-corrected chi connectivity index (χ0v) is 14.5. The molecule has 1 N–H and O–H groups in total. The van der Waals surface area contributed by atoms with E-state index in [1.165, 1.54) is 6.42 Å². The maximum Gasteiger partial charge on any atom is 0.341 e. The Hall–Kier alpha value is -2.34. The summed E-state index contributed by atoms with van der Waals surface area (Å²) in [5, 5.41) is 17.7. The molecule has 0 spiro atoms. The number of fused-ring (bicyclic) bond motifs is 3. The van der Waals surface area contributed by atoms with Crippen molar-refractivity contribution in [2.45, 2.75) is 32.2 Å². The lowest BCUT2D eigenvalue weighted by Crippen LogP contribution is -2.31. The molecule has 6 nitrogen and oxygen atoms in total. The normalized spacial score (nSPS) is 18.8. The number of phenols is 1. The number of phenolic OH excluding ortho intramolecular Hbond substituents is 1. The quantitative estimate of drug-likeness (QED) is 0.670. The van der Waals surface area contributed by atoms with Gasteiger partial charge in [-0.3, -0.25) is 5.01 Å². The van der Waals surface area contributed by atoms with Crippen LogP contribution in [0.3, 0.4) is 0 Å². The molecular weight excluding hydrogens is 318 g/mol. The topological polar surface area (TPSA) is 69.3 Å². The Balaban J connectivity index is 1.81. The second-order valence-corrected chi connectivity index (χ2v) is 6.97. The van der Waals surface area contributed by atoms with E-state index in [0.29, 0.717) is 17.7 Å². The maximum atomic E-state index is 12.5. The second-order valence-electron chi connectivity index (χ2n) is 6.97. The highest BCUT2D eigenvalue weighted by Crippen LogP contribution is 2.30. The zero-order valence-electron chi connectivity index (χ0n) is 14.5. The van der Waals surface area contributed by atoms with Crippen molar-refractivity contribution in [3.05, 3.63) is 39.2 Å². The molecular formula is C19H23N3O3. The van der Waals surface area contributed by atoms with Crippen LogP contribution in [0.1, 0.15) is 36.0 Å². The van der Waals surface area contributed by atoms with Crippen molar-refractivity contribution in [3.63, 3.8) is 0 Å². The van der Waals surface area contributed by atoms with Gasteiger partial charge in [0, 0.05) is 31.6 Å². The van der Waals surface area contributed by atoms with Crippen LogP contribution in [0.2, 0.25) is 0 Å². The highest BCUT2D eigenvalue weighted by Gasteiger charge is 2.22. The van der Waals surface area contributed by atoms with E-state index in [4.69, 9.17) is 4.42 Å². The van der Waals surface area contributed by atoms with E-state index in [-0.39, 0.29) is 11.4 Å². The fourth-order valence-electron chi connectivity index (χ4n) is 3.73. The third-order valence-corrected chi connectivity index (χ3v) is 5.16. The van der Waals surface area contributed by atoms with Crippen LogP contribution in [0.25, 0.3) is 11.0 Å². The number of benzene rings is 1. The van der Waals surface area contributed by atoms with Gasteiger partial charge in [-0.05, 0) is 50.4 Å². The molecule has 1 aromatic carbocycles. The molecule has 2 aromatic rings. The molecule has 0 aliphatic carbocycles. The highest BCUT2D eigenvalue weighted by molar-refractivity contribution is 6.00. The molecule has 0 bridgehead atoms. The minimum absolute atomic E-state index is 0.0873. The van der Waals surface area contributed by atoms with Gasteiger partial charge in [0.1, 0.15) is 5.75 Å². The summed E-state index contributed by atoms with van der Waals surface area (Å²) in [5.41, 5.74) is 2.38. The Labute approximate surface area is 146 Å². The Morgan fingerprint density at radius 1 is 1.16 bits per heavy atom. The van der Waals surface area contributed by atoms with Gasteiger partial charge < -0.3 is 14.4 Å². The van der Waals surface area contributed by atoms with Crippen LogP contribution in [-0.4, -0.2) is 47.9 Å². The molecule has 4 rings (SSSR count). The lowest BCUT2D eigenvalue weighted by atomic mass is 9.96. The molecule has 132 valence electrons. The molecule has 0 amide bonds. The van der Waals surface area contributed by atoms with E-state index >= 15 is 0 Å². The van der Waals surface area contributed by atoms with Crippen LogP contribution in [-0.2, 0) is 13.0 Å². The van der Waals surface area contributed by atoms with Crippen molar-refractivity contribution in [3.8, 4) is 5.75 Å². The third-order valence-electron chi connectivity index (χ3n) is 5.16. The minimum atomic E-state index is -0.313. The average Bonchev–Trinajstić information content (AvgIpc) is 2.62. The molecule has 0 unspecified atom stereocenters. The SMILES string of the molecule is CN1CCc2c(c(=O)oc3c(/C=N/N4CCCCC4)c(O)ccc23)C1. The smallest absolute Gasteiger partial charge is 0.341 e.